The Morgan fingerprint density at radius 2 is 1.74 bits per heavy atom. The number of nitrogens with two attached hydrogens (primary N) is 1. The largest absolute Gasteiger partial charge is 0.271 e. The fourth-order valence-corrected chi connectivity index (χ4v) is 2.13. The normalized spacial score (nSPS) is 12.5. The molecule has 1 heterocycles. The summed E-state index contributed by atoms with van der Waals surface area (Å²) in [6.45, 7) is 3.70. The van der Waals surface area contributed by atoms with Crippen molar-refractivity contribution in [3.8, 4) is 0 Å². The summed E-state index contributed by atoms with van der Waals surface area (Å²) in [7, 11) is 0. The number of benzene rings is 1. The lowest BCUT2D eigenvalue weighted by atomic mass is 9.98. The van der Waals surface area contributed by atoms with Crippen molar-refractivity contribution in [2.75, 3.05) is 0 Å². The zero-order chi connectivity index (χ0) is 14.0. The van der Waals surface area contributed by atoms with Crippen LogP contribution in [0.1, 0.15) is 28.6 Å². The number of hydrogen-bond donors (Lipinski definition) is 2. The summed E-state index contributed by atoms with van der Waals surface area (Å²) in [6.07, 6.45) is 0. The minimum Gasteiger partial charge on any atom is -0.271 e. The first-order valence-corrected chi connectivity index (χ1v) is 5.87. The highest BCUT2D eigenvalue weighted by atomic mass is 19.1. The first-order valence-electron chi connectivity index (χ1n) is 5.87. The Morgan fingerprint density at radius 1 is 1.11 bits per heavy atom. The fraction of sp³-hybridized carbons (Fsp3) is 0.214. The van der Waals surface area contributed by atoms with E-state index in [-0.39, 0.29) is 0 Å². The van der Waals surface area contributed by atoms with Gasteiger partial charge in [-0.15, -0.1) is 0 Å². The van der Waals surface area contributed by atoms with Crippen LogP contribution in [-0.2, 0) is 0 Å². The predicted molar refractivity (Wildman–Crippen MR) is 69.2 cm³/mol. The van der Waals surface area contributed by atoms with Gasteiger partial charge < -0.3 is 0 Å². The van der Waals surface area contributed by atoms with Crippen molar-refractivity contribution in [2.45, 2.75) is 19.9 Å². The molecule has 3 nitrogen and oxygen atoms in total. The zero-order valence-electron chi connectivity index (χ0n) is 10.7. The molecule has 0 saturated carbocycles. The maximum atomic E-state index is 13.8. The molecule has 2 rings (SSSR count). The first kappa shape index (κ1) is 13.6. The molecule has 1 aromatic heterocycles. The van der Waals surface area contributed by atoms with Crippen LogP contribution in [0.15, 0.2) is 30.3 Å². The average Bonchev–Trinajstić information content (AvgIpc) is 2.31. The molecule has 5 heteroatoms. The molecule has 0 saturated heterocycles. The lowest BCUT2D eigenvalue weighted by Crippen LogP contribution is -2.29. The molecular formula is C14H15F2N3. The summed E-state index contributed by atoms with van der Waals surface area (Å²) in [5, 5.41) is 0. The van der Waals surface area contributed by atoms with Gasteiger partial charge >= 0.3 is 0 Å². The Balaban J connectivity index is 2.49. The molecule has 100 valence electrons. The Labute approximate surface area is 110 Å². The maximum Gasteiger partial charge on any atom is 0.131 e. The minimum atomic E-state index is -0.630. The van der Waals surface area contributed by atoms with Crippen LogP contribution >= 0.6 is 0 Å². The molecular weight excluding hydrogens is 248 g/mol. The monoisotopic (exact) mass is 263 g/mol. The highest BCUT2D eigenvalue weighted by Crippen LogP contribution is 2.25. The van der Waals surface area contributed by atoms with Gasteiger partial charge in [-0.2, -0.15) is 0 Å². The Morgan fingerprint density at radius 3 is 2.26 bits per heavy atom. The molecule has 19 heavy (non-hydrogen) atoms. The molecule has 2 aromatic rings. The van der Waals surface area contributed by atoms with E-state index in [1.165, 1.54) is 12.1 Å². The van der Waals surface area contributed by atoms with Crippen LogP contribution < -0.4 is 11.3 Å². The lowest BCUT2D eigenvalue weighted by molar-refractivity contribution is 0.541. The number of pyridine rings is 1. The summed E-state index contributed by atoms with van der Waals surface area (Å²) in [5.41, 5.74) is 5.28. The highest BCUT2D eigenvalue weighted by molar-refractivity contribution is 5.34. The van der Waals surface area contributed by atoms with Crippen LogP contribution in [-0.4, -0.2) is 4.98 Å². The number of aromatic nitrogens is 1. The van der Waals surface area contributed by atoms with E-state index in [2.05, 4.69) is 10.4 Å². The Kier molecular flexibility index (Phi) is 3.87. The second-order valence-electron chi connectivity index (χ2n) is 4.45. The van der Waals surface area contributed by atoms with Gasteiger partial charge in [0.1, 0.15) is 11.6 Å². The quantitative estimate of drug-likeness (QED) is 0.661. The van der Waals surface area contributed by atoms with E-state index >= 15 is 0 Å². The molecule has 1 unspecified atom stereocenters. The van der Waals surface area contributed by atoms with Crippen LogP contribution in [0.5, 0.6) is 0 Å². The summed E-state index contributed by atoms with van der Waals surface area (Å²) < 4.78 is 26.8. The van der Waals surface area contributed by atoms with Crippen molar-refractivity contribution in [3.63, 3.8) is 0 Å². The summed E-state index contributed by atoms with van der Waals surface area (Å²) in [4.78, 5) is 4.26. The van der Waals surface area contributed by atoms with Gasteiger partial charge in [0.05, 0.1) is 6.04 Å². The predicted octanol–water partition coefficient (Wildman–Crippen LogP) is 2.53. The van der Waals surface area contributed by atoms with Crippen LogP contribution in [0.2, 0.25) is 0 Å². The van der Waals surface area contributed by atoms with Crippen LogP contribution in [0.4, 0.5) is 8.78 Å². The molecule has 1 atom stereocenters. The maximum absolute atomic E-state index is 13.8. The van der Waals surface area contributed by atoms with Crippen molar-refractivity contribution in [1.82, 2.24) is 10.4 Å². The molecule has 0 spiro atoms. The van der Waals surface area contributed by atoms with Crippen molar-refractivity contribution < 1.29 is 8.78 Å². The number of aryl methyl sites for hydroxylation is 2. The van der Waals surface area contributed by atoms with Crippen molar-refractivity contribution >= 4 is 0 Å². The Bertz CT molecular complexity index is 579. The fourth-order valence-electron chi connectivity index (χ4n) is 2.13. The van der Waals surface area contributed by atoms with Gasteiger partial charge in [-0.1, -0.05) is 6.07 Å². The summed E-state index contributed by atoms with van der Waals surface area (Å²) in [6, 6.07) is 6.55. The van der Waals surface area contributed by atoms with Gasteiger partial charge in [-0.3, -0.25) is 10.8 Å². The second kappa shape index (κ2) is 5.42. The van der Waals surface area contributed by atoms with Crippen LogP contribution in [0.3, 0.4) is 0 Å². The van der Waals surface area contributed by atoms with E-state index in [1.54, 1.807) is 0 Å². The van der Waals surface area contributed by atoms with E-state index in [4.69, 9.17) is 5.84 Å². The molecule has 0 amide bonds. The number of nitrogens with zero attached hydrogens (tertiary/aromatic N) is 1. The molecule has 1 aromatic carbocycles. The lowest BCUT2D eigenvalue weighted by Gasteiger charge is -2.18. The summed E-state index contributed by atoms with van der Waals surface area (Å²) >= 11 is 0. The van der Waals surface area contributed by atoms with E-state index in [0.29, 0.717) is 5.56 Å². The third-order valence-electron chi connectivity index (χ3n) is 2.88. The average molecular weight is 263 g/mol. The number of hydrazine groups is 1. The molecule has 0 aliphatic heterocycles. The standard InChI is InChI=1S/C14H15F2N3/c1-8-5-10(6-9(2)18-8)14(19-17)12-4-3-11(15)7-13(12)16/h3-7,14,19H,17H2,1-2H3. The summed E-state index contributed by atoms with van der Waals surface area (Å²) in [5.74, 6) is 4.27. The van der Waals surface area contributed by atoms with Gasteiger partial charge in [0, 0.05) is 23.0 Å². The van der Waals surface area contributed by atoms with E-state index in [1.807, 2.05) is 26.0 Å². The topological polar surface area (TPSA) is 50.9 Å². The molecule has 0 aliphatic rings. The molecule has 0 bridgehead atoms. The molecule has 0 aliphatic carbocycles. The number of nitrogens with one attached hydrogen (secondary N) is 1. The zero-order valence-corrected chi connectivity index (χ0v) is 10.7. The number of hydrogen-bond acceptors (Lipinski definition) is 3. The highest BCUT2D eigenvalue weighted by Gasteiger charge is 2.17. The van der Waals surface area contributed by atoms with Crippen LogP contribution in [0.25, 0.3) is 0 Å². The van der Waals surface area contributed by atoms with Gasteiger partial charge in [-0.05, 0) is 37.6 Å². The van der Waals surface area contributed by atoms with Crippen LogP contribution in [0, 0.1) is 25.5 Å². The van der Waals surface area contributed by atoms with Gasteiger partial charge in [0.25, 0.3) is 0 Å². The van der Waals surface area contributed by atoms with Gasteiger partial charge in [0.2, 0.25) is 0 Å². The van der Waals surface area contributed by atoms with E-state index in [0.717, 1.165) is 23.0 Å². The number of halogens is 2. The third kappa shape index (κ3) is 2.94. The number of rotatable bonds is 3. The smallest absolute Gasteiger partial charge is 0.131 e. The molecule has 3 N–H and O–H groups in total. The van der Waals surface area contributed by atoms with Gasteiger partial charge in [-0.25, -0.2) is 14.2 Å². The molecule has 0 fully saturated rings. The van der Waals surface area contributed by atoms with Gasteiger partial charge in [0.15, 0.2) is 0 Å². The van der Waals surface area contributed by atoms with Crippen molar-refractivity contribution in [2.24, 2.45) is 5.84 Å². The third-order valence-corrected chi connectivity index (χ3v) is 2.88. The second-order valence-corrected chi connectivity index (χ2v) is 4.45. The SMILES string of the molecule is Cc1cc(C(NN)c2ccc(F)cc2F)cc(C)n1. The van der Waals surface area contributed by atoms with Crippen molar-refractivity contribution in [1.29, 1.82) is 0 Å². The first-order chi connectivity index (χ1) is 9.01. The van der Waals surface area contributed by atoms with Crippen molar-refractivity contribution in [3.05, 3.63) is 64.5 Å². The minimum absolute atomic E-state index is 0.300. The van der Waals surface area contributed by atoms with E-state index < -0.39 is 17.7 Å². The Hall–Kier alpha value is -1.85. The van der Waals surface area contributed by atoms with E-state index in [9.17, 15) is 8.78 Å². The molecule has 0 radical (unpaired) electrons.